The molecule has 0 amide bonds. The molecule has 0 aliphatic heterocycles. The third kappa shape index (κ3) is 2.55. The minimum Gasteiger partial charge on any atom is -0.298 e. The number of aromatic nitrogens is 1. The second-order valence-electron chi connectivity index (χ2n) is 2.71. The van der Waals surface area contributed by atoms with Crippen LogP contribution in [0.3, 0.4) is 0 Å². The summed E-state index contributed by atoms with van der Waals surface area (Å²) >= 11 is 2.61. The molecule has 1 rings (SSSR count). The van der Waals surface area contributed by atoms with Gasteiger partial charge in [0.05, 0.1) is 5.56 Å². The summed E-state index contributed by atoms with van der Waals surface area (Å²) in [5.74, 6) is 0. The first-order valence-electron chi connectivity index (χ1n) is 3.78. The summed E-state index contributed by atoms with van der Waals surface area (Å²) in [6.45, 7) is 0. The monoisotopic (exact) mass is 303 g/mol. The molecular formula is C8H3BrF5NO. The van der Waals surface area contributed by atoms with E-state index in [1.54, 1.807) is 0 Å². The number of hydrogen-bond acceptors (Lipinski definition) is 2. The van der Waals surface area contributed by atoms with Crippen molar-refractivity contribution >= 4 is 22.2 Å². The molecule has 0 N–H and O–H groups in total. The van der Waals surface area contributed by atoms with Crippen LogP contribution in [0.5, 0.6) is 0 Å². The number of rotatable bonds is 2. The van der Waals surface area contributed by atoms with Crippen molar-refractivity contribution in [3.05, 3.63) is 27.5 Å². The van der Waals surface area contributed by atoms with E-state index in [1.807, 2.05) is 0 Å². The Balaban J connectivity index is 3.57. The first-order chi connectivity index (χ1) is 7.27. The summed E-state index contributed by atoms with van der Waals surface area (Å²) in [6, 6.07) is 0.809. The van der Waals surface area contributed by atoms with Gasteiger partial charge in [-0.3, -0.25) is 4.79 Å². The van der Waals surface area contributed by atoms with E-state index >= 15 is 0 Å². The van der Waals surface area contributed by atoms with Crippen LogP contribution < -0.4 is 0 Å². The van der Waals surface area contributed by atoms with Gasteiger partial charge in [0, 0.05) is 5.56 Å². The van der Waals surface area contributed by atoms with Crippen molar-refractivity contribution < 1.29 is 26.7 Å². The molecule has 0 saturated heterocycles. The molecular weight excluding hydrogens is 301 g/mol. The Morgan fingerprint density at radius 3 is 2.31 bits per heavy atom. The van der Waals surface area contributed by atoms with Crippen molar-refractivity contribution in [1.82, 2.24) is 4.98 Å². The van der Waals surface area contributed by atoms with Gasteiger partial charge in [-0.05, 0) is 22.0 Å². The summed E-state index contributed by atoms with van der Waals surface area (Å²) in [5.41, 5.74) is -3.88. The summed E-state index contributed by atoms with van der Waals surface area (Å²) in [6.07, 6.45) is -8.52. The molecule has 0 spiro atoms. The van der Waals surface area contributed by atoms with Crippen LogP contribution in [0.1, 0.15) is 28.0 Å². The second kappa shape index (κ2) is 4.44. The summed E-state index contributed by atoms with van der Waals surface area (Å²) in [7, 11) is 0. The number of halogens is 6. The number of carbonyl (C=O) groups is 1. The van der Waals surface area contributed by atoms with E-state index in [0.717, 1.165) is 6.07 Å². The van der Waals surface area contributed by atoms with Gasteiger partial charge in [-0.15, -0.1) is 0 Å². The number of carbonyl (C=O) groups excluding carboxylic acids is 1. The molecule has 0 fully saturated rings. The maximum Gasteiger partial charge on any atom is 0.433 e. The minimum absolute atomic E-state index is 0.0663. The highest BCUT2D eigenvalue weighted by Gasteiger charge is 2.39. The lowest BCUT2D eigenvalue weighted by molar-refractivity contribution is -0.143. The number of aldehydes is 1. The molecule has 1 heterocycles. The minimum atomic E-state index is -5.03. The maximum absolute atomic E-state index is 12.4. The van der Waals surface area contributed by atoms with E-state index in [2.05, 4.69) is 20.9 Å². The zero-order valence-electron chi connectivity index (χ0n) is 7.36. The zero-order chi connectivity index (χ0) is 12.5. The van der Waals surface area contributed by atoms with E-state index in [-0.39, 0.29) is 10.9 Å². The van der Waals surface area contributed by atoms with Gasteiger partial charge in [-0.1, -0.05) is 0 Å². The molecule has 1 aromatic rings. The van der Waals surface area contributed by atoms with Crippen LogP contribution >= 0.6 is 15.9 Å². The Kier molecular flexibility index (Phi) is 3.61. The molecule has 0 radical (unpaired) electrons. The standard InChI is InChI=1S/C8H3BrF5NO/c9-4-1-3(2-16)5(7(10)11)6(15-4)8(12,13)14/h1-2,7H. The summed E-state index contributed by atoms with van der Waals surface area (Å²) in [5, 5.41) is 0. The average Bonchev–Trinajstić information content (AvgIpc) is 2.14. The van der Waals surface area contributed by atoms with Crippen molar-refractivity contribution in [1.29, 1.82) is 0 Å². The second-order valence-corrected chi connectivity index (χ2v) is 3.53. The normalized spacial score (nSPS) is 11.9. The number of hydrogen-bond donors (Lipinski definition) is 0. The highest BCUT2D eigenvalue weighted by Crippen LogP contribution is 2.37. The molecule has 2 nitrogen and oxygen atoms in total. The third-order valence-corrected chi connectivity index (χ3v) is 2.08. The van der Waals surface area contributed by atoms with E-state index < -0.39 is 29.4 Å². The molecule has 0 aliphatic rings. The van der Waals surface area contributed by atoms with Gasteiger partial charge in [0.1, 0.15) is 4.60 Å². The van der Waals surface area contributed by atoms with Gasteiger partial charge in [0.25, 0.3) is 6.43 Å². The summed E-state index contributed by atoms with van der Waals surface area (Å²) in [4.78, 5) is 13.3. The van der Waals surface area contributed by atoms with Gasteiger partial charge in [-0.25, -0.2) is 13.8 Å². The molecule has 0 aliphatic carbocycles. The van der Waals surface area contributed by atoms with Gasteiger partial charge in [0.15, 0.2) is 12.0 Å². The van der Waals surface area contributed by atoms with Crippen LogP contribution in [0.25, 0.3) is 0 Å². The molecule has 0 aromatic carbocycles. The Labute approximate surface area is 94.6 Å². The molecule has 88 valence electrons. The number of pyridine rings is 1. The van der Waals surface area contributed by atoms with Crippen molar-refractivity contribution in [3.63, 3.8) is 0 Å². The molecule has 16 heavy (non-hydrogen) atoms. The van der Waals surface area contributed by atoms with Crippen LogP contribution in [-0.2, 0) is 6.18 Å². The van der Waals surface area contributed by atoms with Gasteiger partial charge < -0.3 is 0 Å². The third-order valence-electron chi connectivity index (χ3n) is 1.67. The predicted octanol–water partition coefficient (Wildman–Crippen LogP) is 3.61. The zero-order valence-corrected chi connectivity index (χ0v) is 8.94. The van der Waals surface area contributed by atoms with E-state index in [1.165, 1.54) is 0 Å². The fraction of sp³-hybridized carbons (Fsp3) is 0.250. The Hall–Kier alpha value is -1.05. The molecule has 1 aromatic heterocycles. The van der Waals surface area contributed by atoms with Gasteiger partial charge in [-0.2, -0.15) is 13.2 Å². The quantitative estimate of drug-likeness (QED) is 0.474. The molecule has 0 saturated carbocycles. The average molecular weight is 304 g/mol. The molecule has 8 heteroatoms. The lowest BCUT2D eigenvalue weighted by Crippen LogP contribution is -2.14. The lowest BCUT2D eigenvalue weighted by Gasteiger charge is -2.13. The number of alkyl halides is 5. The van der Waals surface area contributed by atoms with Crippen molar-refractivity contribution in [2.45, 2.75) is 12.6 Å². The van der Waals surface area contributed by atoms with Gasteiger partial charge >= 0.3 is 6.18 Å². The van der Waals surface area contributed by atoms with Crippen LogP contribution in [0.2, 0.25) is 0 Å². The fourth-order valence-electron chi connectivity index (χ4n) is 1.09. The summed E-state index contributed by atoms with van der Waals surface area (Å²) < 4.78 is 61.6. The van der Waals surface area contributed by atoms with Crippen LogP contribution in [0.15, 0.2) is 10.7 Å². The topological polar surface area (TPSA) is 30.0 Å². The van der Waals surface area contributed by atoms with Crippen molar-refractivity contribution in [3.8, 4) is 0 Å². The molecule has 0 atom stereocenters. The van der Waals surface area contributed by atoms with Crippen LogP contribution in [0, 0.1) is 0 Å². The Morgan fingerprint density at radius 1 is 1.38 bits per heavy atom. The Bertz CT molecular complexity index is 418. The van der Waals surface area contributed by atoms with Gasteiger partial charge in [0.2, 0.25) is 0 Å². The highest BCUT2D eigenvalue weighted by atomic mass is 79.9. The van der Waals surface area contributed by atoms with Crippen LogP contribution in [0.4, 0.5) is 22.0 Å². The van der Waals surface area contributed by atoms with Crippen molar-refractivity contribution in [2.24, 2.45) is 0 Å². The lowest BCUT2D eigenvalue weighted by atomic mass is 10.1. The van der Waals surface area contributed by atoms with Crippen molar-refractivity contribution in [2.75, 3.05) is 0 Å². The smallest absolute Gasteiger partial charge is 0.298 e. The maximum atomic E-state index is 12.4. The first kappa shape index (κ1) is 13.0. The fourth-order valence-corrected chi connectivity index (χ4v) is 1.51. The van der Waals surface area contributed by atoms with E-state index in [0.29, 0.717) is 0 Å². The SMILES string of the molecule is O=Cc1cc(Br)nc(C(F)(F)F)c1C(F)F. The predicted molar refractivity (Wildman–Crippen MR) is 47.3 cm³/mol. The molecule has 0 bridgehead atoms. The first-order valence-corrected chi connectivity index (χ1v) is 4.57. The van der Waals surface area contributed by atoms with E-state index in [4.69, 9.17) is 0 Å². The van der Waals surface area contributed by atoms with E-state index in [9.17, 15) is 26.7 Å². The molecule has 0 unspecified atom stereocenters. The highest BCUT2D eigenvalue weighted by molar-refractivity contribution is 9.10. The Morgan fingerprint density at radius 2 is 1.94 bits per heavy atom. The van der Waals surface area contributed by atoms with Crippen LogP contribution in [-0.4, -0.2) is 11.3 Å². The largest absolute Gasteiger partial charge is 0.433 e. The number of nitrogens with zero attached hydrogens (tertiary/aromatic N) is 1.